The van der Waals surface area contributed by atoms with Gasteiger partial charge in [-0.3, -0.25) is 4.79 Å². The molecule has 0 aliphatic rings. The summed E-state index contributed by atoms with van der Waals surface area (Å²) in [4.78, 5) is 14.9. The molecule has 0 aromatic carbocycles. The largest absolute Gasteiger partial charge is 0.369 e. The lowest BCUT2D eigenvalue weighted by Gasteiger charge is -2.27. The quantitative estimate of drug-likeness (QED) is 0.849. The van der Waals surface area contributed by atoms with Crippen molar-refractivity contribution in [1.82, 2.24) is 4.90 Å². The first-order valence-electron chi connectivity index (χ1n) is 5.97. The number of hydrogen-bond donors (Lipinski definition) is 1. The summed E-state index contributed by atoms with van der Waals surface area (Å²) < 4.78 is 5.19. The maximum absolute atomic E-state index is 12.1. The van der Waals surface area contributed by atoms with E-state index in [1.165, 1.54) is 7.11 Å². The van der Waals surface area contributed by atoms with Gasteiger partial charge in [-0.25, -0.2) is 0 Å². The molecule has 0 bridgehead atoms. The van der Waals surface area contributed by atoms with Crippen molar-refractivity contribution in [2.45, 2.75) is 26.0 Å². The van der Waals surface area contributed by atoms with Crippen molar-refractivity contribution in [2.75, 3.05) is 20.7 Å². The van der Waals surface area contributed by atoms with Crippen LogP contribution in [-0.4, -0.2) is 37.1 Å². The SMILES string of the molecule is COC(C)(C)C(=O)N(C)Cc1cc(C#CCN)cs1. The van der Waals surface area contributed by atoms with Gasteiger partial charge in [0.2, 0.25) is 0 Å². The van der Waals surface area contributed by atoms with Crippen LogP contribution in [0.5, 0.6) is 0 Å². The molecule has 19 heavy (non-hydrogen) atoms. The topological polar surface area (TPSA) is 55.6 Å². The van der Waals surface area contributed by atoms with Crippen molar-refractivity contribution in [3.05, 3.63) is 21.9 Å². The molecule has 0 aliphatic carbocycles. The van der Waals surface area contributed by atoms with E-state index in [0.29, 0.717) is 13.1 Å². The van der Waals surface area contributed by atoms with Gasteiger partial charge in [-0.05, 0) is 19.9 Å². The number of nitrogens with zero attached hydrogens (tertiary/aromatic N) is 1. The molecule has 0 atom stereocenters. The van der Waals surface area contributed by atoms with Crippen molar-refractivity contribution >= 4 is 17.2 Å². The van der Waals surface area contributed by atoms with Gasteiger partial charge in [0.1, 0.15) is 5.60 Å². The Bertz CT molecular complexity index is 497. The van der Waals surface area contributed by atoms with Gasteiger partial charge in [-0.2, -0.15) is 0 Å². The van der Waals surface area contributed by atoms with E-state index in [2.05, 4.69) is 11.8 Å². The zero-order valence-corrected chi connectivity index (χ0v) is 12.6. The summed E-state index contributed by atoms with van der Waals surface area (Å²) in [5, 5.41) is 1.97. The van der Waals surface area contributed by atoms with Crippen LogP contribution in [0.25, 0.3) is 0 Å². The standard InChI is InChI=1S/C14H20N2O2S/c1-14(2,18-4)13(17)16(3)9-12-8-11(10-19-12)6-5-7-15/h8,10H,7,9,15H2,1-4H3. The van der Waals surface area contributed by atoms with E-state index >= 15 is 0 Å². The van der Waals surface area contributed by atoms with Crippen molar-refractivity contribution in [2.24, 2.45) is 5.73 Å². The van der Waals surface area contributed by atoms with E-state index in [0.717, 1.165) is 10.4 Å². The summed E-state index contributed by atoms with van der Waals surface area (Å²) in [5.74, 6) is 5.74. The van der Waals surface area contributed by atoms with E-state index in [4.69, 9.17) is 10.5 Å². The minimum atomic E-state index is -0.797. The van der Waals surface area contributed by atoms with Gasteiger partial charge in [-0.15, -0.1) is 11.3 Å². The number of ether oxygens (including phenoxy) is 1. The zero-order valence-electron chi connectivity index (χ0n) is 11.8. The molecule has 0 aliphatic heterocycles. The molecule has 2 N–H and O–H groups in total. The molecule has 1 heterocycles. The molecule has 1 amide bonds. The number of amides is 1. The van der Waals surface area contributed by atoms with Crippen LogP contribution in [0.15, 0.2) is 11.4 Å². The Morgan fingerprint density at radius 1 is 1.58 bits per heavy atom. The van der Waals surface area contributed by atoms with Gasteiger partial charge >= 0.3 is 0 Å². The third-order valence-electron chi connectivity index (χ3n) is 2.75. The van der Waals surface area contributed by atoms with E-state index < -0.39 is 5.60 Å². The lowest BCUT2D eigenvalue weighted by Crippen LogP contribution is -2.44. The fraction of sp³-hybridized carbons (Fsp3) is 0.500. The summed E-state index contributed by atoms with van der Waals surface area (Å²) in [6, 6.07) is 1.98. The van der Waals surface area contributed by atoms with Crippen molar-refractivity contribution in [3.63, 3.8) is 0 Å². The van der Waals surface area contributed by atoms with Crippen LogP contribution in [0.2, 0.25) is 0 Å². The van der Waals surface area contributed by atoms with Gasteiger partial charge in [0.25, 0.3) is 5.91 Å². The normalized spacial score (nSPS) is 10.8. The number of rotatable bonds is 4. The van der Waals surface area contributed by atoms with E-state index in [1.807, 2.05) is 11.4 Å². The molecule has 0 radical (unpaired) electrons. The number of thiophene rings is 1. The van der Waals surface area contributed by atoms with Crippen LogP contribution in [0.1, 0.15) is 24.3 Å². The van der Waals surface area contributed by atoms with Crippen LogP contribution in [0, 0.1) is 11.8 Å². The Morgan fingerprint density at radius 3 is 2.84 bits per heavy atom. The number of likely N-dealkylation sites (N-methyl/N-ethyl adjacent to an activating group) is 1. The molecule has 0 unspecified atom stereocenters. The Labute approximate surface area is 118 Å². The zero-order chi connectivity index (χ0) is 14.5. The average Bonchev–Trinajstić information content (AvgIpc) is 2.82. The average molecular weight is 280 g/mol. The first-order chi connectivity index (χ1) is 8.90. The molecule has 0 spiro atoms. The summed E-state index contributed by atoms with van der Waals surface area (Å²) >= 11 is 1.59. The Balaban J connectivity index is 2.69. The molecule has 1 rings (SSSR count). The second-order valence-electron chi connectivity index (χ2n) is 4.68. The maximum Gasteiger partial charge on any atom is 0.254 e. The van der Waals surface area contributed by atoms with Crippen molar-refractivity contribution < 1.29 is 9.53 Å². The maximum atomic E-state index is 12.1. The highest BCUT2D eigenvalue weighted by atomic mass is 32.1. The number of carbonyl (C=O) groups excluding carboxylic acids is 1. The van der Waals surface area contributed by atoms with Crippen molar-refractivity contribution in [3.8, 4) is 11.8 Å². The van der Waals surface area contributed by atoms with Gasteiger partial charge in [-0.1, -0.05) is 11.8 Å². The van der Waals surface area contributed by atoms with Crippen LogP contribution in [0.3, 0.4) is 0 Å². The van der Waals surface area contributed by atoms with Crippen molar-refractivity contribution in [1.29, 1.82) is 0 Å². The fourth-order valence-corrected chi connectivity index (χ4v) is 2.40. The third kappa shape index (κ3) is 4.35. The molecule has 1 aromatic rings. The Morgan fingerprint density at radius 2 is 2.26 bits per heavy atom. The third-order valence-corrected chi connectivity index (χ3v) is 3.68. The van der Waals surface area contributed by atoms with Crippen LogP contribution < -0.4 is 5.73 Å². The Hall–Kier alpha value is -1.35. The summed E-state index contributed by atoms with van der Waals surface area (Å²) in [6.07, 6.45) is 0. The van der Waals surface area contributed by atoms with Gasteiger partial charge in [0.15, 0.2) is 0 Å². The van der Waals surface area contributed by atoms with Gasteiger partial charge in [0.05, 0.1) is 13.1 Å². The van der Waals surface area contributed by atoms with E-state index in [9.17, 15) is 4.79 Å². The second kappa shape index (κ2) is 6.71. The molecular weight excluding hydrogens is 260 g/mol. The minimum Gasteiger partial charge on any atom is -0.369 e. The minimum absolute atomic E-state index is 0.0435. The fourth-order valence-electron chi connectivity index (χ4n) is 1.53. The first kappa shape index (κ1) is 15.7. The summed E-state index contributed by atoms with van der Waals surface area (Å²) in [6.45, 7) is 4.43. The molecule has 1 aromatic heterocycles. The van der Waals surface area contributed by atoms with Gasteiger partial charge in [0, 0.05) is 30.0 Å². The van der Waals surface area contributed by atoms with Crippen LogP contribution in [-0.2, 0) is 16.1 Å². The highest BCUT2D eigenvalue weighted by Gasteiger charge is 2.30. The monoisotopic (exact) mass is 280 g/mol. The van der Waals surface area contributed by atoms with Gasteiger partial charge < -0.3 is 15.4 Å². The summed E-state index contributed by atoms with van der Waals surface area (Å²) in [7, 11) is 3.31. The van der Waals surface area contributed by atoms with Crippen LogP contribution >= 0.6 is 11.3 Å². The predicted molar refractivity (Wildman–Crippen MR) is 77.8 cm³/mol. The lowest BCUT2D eigenvalue weighted by atomic mass is 10.1. The second-order valence-corrected chi connectivity index (χ2v) is 5.68. The number of hydrogen-bond acceptors (Lipinski definition) is 4. The molecule has 0 fully saturated rings. The number of carbonyl (C=O) groups is 1. The number of methoxy groups -OCH3 is 1. The first-order valence-corrected chi connectivity index (χ1v) is 6.85. The van der Waals surface area contributed by atoms with E-state index in [-0.39, 0.29) is 5.91 Å². The van der Waals surface area contributed by atoms with Crippen LogP contribution in [0.4, 0.5) is 0 Å². The Kier molecular flexibility index (Phi) is 5.55. The molecule has 104 valence electrons. The summed E-state index contributed by atoms with van der Waals surface area (Å²) in [5.41, 5.74) is 5.47. The molecular formula is C14H20N2O2S. The number of nitrogens with two attached hydrogens (primary N) is 1. The lowest BCUT2D eigenvalue weighted by molar-refractivity contribution is -0.150. The molecule has 0 saturated heterocycles. The van der Waals surface area contributed by atoms with E-state index in [1.54, 1.807) is 37.1 Å². The molecule has 0 saturated carbocycles. The highest BCUT2D eigenvalue weighted by Crippen LogP contribution is 2.18. The molecule has 5 heteroatoms. The predicted octanol–water partition coefficient (Wildman–Crippen LogP) is 1.44. The smallest absolute Gasteiger partial charge is 0.254 e. The highest BCUT2D eigenvalue weighted by molar-refractivity contribution is 7.10. The molecule has 4 nitrogen and oxygen atoms in total.